The summed E-state index contributed by atoms with van der Waals surface area (Å²) < 4.78 is 16.1. The maximum Gasteiger partial charge on any atom is 0.234 e. The number of benzene rings is 1. The lowest BCUT2D eigenvalue weighted by atomic mass is 10.1. The van der Waals surface area contributed by atoms with E-state index in [1.54, 1.807) is 21.3 Å². The molecule has 168 valence electrons. The number of carbonyl (C=O) groups excluding carboxylic acids is 2. The van der Waals surface area contributed by atoms with Crippen LogP contribution < -0.4 is 19.5 Å². The van der Waals surface area contributed by atoms with Gasteiger partial charge in [-0.15, -0.1) is 0 Å². The molecule has 1 aromatic carbocycles. The summed E-state index contributed by atoms with van der Waals surface area (Å²) in [6, 6.07) is 3.75. The van der Waals surface area contributed by atoms with Crippen molar-refractivity contribution in [3.05, 3.63) is 17.7 Å². The third kappa shape index (κ3) is 6.79. The Morgan fingerprint density at radius 2 is 1.53 bits per heavy atom. The zero-order valence-electron chi connectivity index (χ0n) is 19.0. The third-order valence-corrected chi connectivity index (χ3v) is 4.96. The molecule has 1 fully saturated rings. The Morgan fingerprint density at radius 3 is 2.00 bits per heavy atom. The first-order valence-electron chi connectivity index (χ1n) is 10.3. The molecule has 0 atom stereocenters. The Hall–Kier alpha value is -2.48. The van der Waals surface area contributed by atoms with E-state index >= 15 is 0 Å². The van der Waals surface area contributed by atoms with Gasteiger partial charge in [0.05, 0.1) is 27.9 Å². The van der Waals surface area contributed by atoms with Crippen molar-refractivity contribution in [3.8, 4) is 17.2 Å². The van der Waals surface area contributed by atoms with E-state index in [0.29, 0.717) is 62.8 Å². The molecule has 1 heterocycles. The van der Waals surface area contributed by atoms with Gasteiger partial charge in [0.2, 0.25) is 17.6 Å². The van der Waals surface area contributed by atoms with Gasteiger partial charge in [-0.1, -0.05) is 0 Å². The van der Waals surface area contributed by atoms with Crippen molar-refractivity contribution in [1.82, 2.24) is 15.1 Å². The summed E-state index contributed by atoms with van der Waals surface area (Å²) in [7, 11) is 4.72. The minimum Gasteiger partial charge on any atom is -0.493 e. The van der Waals surface area contributed by atoms with Crippen LogP contribution in [-0.4, -0.2) is 81.2 Å². The van der Waals surface area contributed by atoms with Crippen molar-refractivity contribution in [1.29, 1.82) is 0 Å². The Bertz CT molecular complexity index is 712. The number of amides is 2. The van der Waals surface area contributed by atoms with Gasteiger partial charge in [-0.05, 0) is 44.9 Å². The molecule has 0 aliphatic carbocycles. The summed E-state index contributed by atoms with van der Waals surface area (Å²) in [5.74, 6) is 1.84. The molecule has 1 aliphatic heterocycles. The van der Waals surface area contributed by atoms with Crippen LogP contribution in [0, 0.1) is 0 Å². The summed E-state index contributed by atoms with van der Waals surface area (Å²) >= 11 is 0. The number of nitrogens with zero attached hydrogens (tertiary/aromatic N) is 2. The maximum atomic E-state index is 12.7. The number of methoxy groups -OCH3 is 3. The summed E-state index contributed by atoms with van der Waals surface area (Å²) in [5.41, 5.74) is 0.720. The largest absolute Gasteiger partial charge is 0.493 e. The minimum absolute atomic E-state index is 0.0182. The van der Waals surface area contributed by atoms with Crippen LogP contribution in [0.3, 0.4) is 0 Å². The van der Waals surface area contributed by atoms with E-state index in [1.165, 1.54) is 0 Å². The minimum atomic E-state index is -0.234. The van der Waals surface area contributed by atoms with Gasteiger partial charge in [0.15, 0.2) is 11.5 Å². The number of piperazine rings is 1. The van der Waals surface area contributed by atoms with Crippen molar-refractivity contribution in [2.45, 2.75) is 39.2 Å². The molecule has 8 heteroatoms. The van der Waals surface area contributed by atoms with Crippen LogP contribution >= 0.6 is 0 Å². The van der Waals surface area contributed by atoms with E-state index < -0.39 is 0 Å². The second-order valence-corrected chi connectivity index (χ2v) is 8.49. The van der Waals surface area contributed by atoms with E-state index in [4.69, 9.17) is 14.2 Å². The molecule has 1 aromatic rings. The molecule has 1 saturated heterocycles. The highest BCUT2D eigenvalue weighted by molar-refractivity contribution is 5.79. The second-order valence-electron chi connectivity index (χ2n) is 8.49. The number of aryl methyl sites for hydroxylation is 1. The van der Waals surface area contributed by atoms with Gasteiger partial charge in [-0.3, -0.25) is 14.5 Å². The first-order valence-corrected chi connectivity index (χ1v) is 10.3. The number of ether oxygens (including phenoxy) is 3. The second kappa shape index (κ2) is 10.5. The Labute approximate surface area is 179 Å². The van der Waals surface area contributed by atoms with E-state index in [0.717, 1.165) is 5.56 Å². The van der Waals surface area contributed by atoms with E-state index in [9.17, 15) is 9.59 Å². The first-order chi connectivity index (χ1) is 14.2. The number of carbonyl (C=O) groups is 2. The smallest absolute Gasteiger partial charge is 0.234 e. The lowest BCUT2D eigenvalue weighted by Gasteiger charge is -2.35. The highest BCUT2D eigenvalue weighted by Crippen LogP contribution is 2.38. The van der Waals surface area contributed by atoms with Crippen molar-refractivity contribution >= 4 is 11.8 Å². The summed E-state index contributed by atoms with van der Waals surface area (Å²) in [6.07, 6.45) is 0.993. The molecule has 0 bridgehead atoms. The average Bonchev–Trinajstić information content (AvgIpc) is 2.70. The quantitative estimate of drug-likeness (QED) is 0.688. The molecule has 30 heavy (non-hydrogen) atoms. The number of rotatable bonds is 8. The molecule has 8 nitrogen and oxygen atoms in total. The zero-order valence-corrected chi connectivity index (χ0v) is 19.0. The van der Waals surface area contributed by atoms with Crippen LogP contribution in [-0.2, 0) is 16.0 Å². The summed E-state index contributed by atoms with van der Waals surface area (Å²) in [6.45, 7) is 8.94. The number of hydrogen-bond acceptors (Lipinski definition) is 6. The topological polar surface area (TPSA) is 80.3 Å². The molecule has 2 amide bonds. The summed E-state index contributed by atoms with van der Waals surface area (Å²) in [4.78, 5) is 28.7. The molecule has 0 aromatic heterocycles. The van der Waals surface area contributed by atoms with Crippen LogP contribution in [0.25, 0.3) is 0 Å². The van der Waals surface area contributed by atoms with Crippen molar-refractivity contribution in [2.24, 2.45) is 0 Å². The van der Waals surface area contributed by atoms with Crippen LogP contribution in [0.5, 0.6) is 17.2 Å². The lowest BCUT2D eigenvalue weighted by Crippen LogP contribution is -2.52. The molecular formula is C22H35N3O5. The highest BCUT2D eigenvalue weighted by atomic mass is 16.5. The monoisotopic (exact) mass is 421 g/mol. The zero-order chi connectivity index (χ0) is 22.3. The van der Waals surface area contributed by atoms with Gasteiger partial charge in [-0.2, -0.15) is 0 Å². The molecular weight excluding hydrogens is 386 g/mol. The van der Waals surface area contributed by atoms with Gasteiger partial charge in [0.1, 0.15) is 0 Å². The Balaban J connectivity index is 1.85. The third-order valence-electron chi connectivity index (χ3n) is 4.96. The normalized spacial score (nSPS) is 14.9. The van der Waals surface area contributed by atoms with Crippen LogP contribution in [0.4, 0.5) is 0 Å². The molecule has 2 rings (SSSR count). The van der Waals surface area contributed by atoms with Crippen molar-refractivity contribution in [3.63, 3.8) is 0 Å². The summed E-state index contributed by atoms with van der Waals surface area (Å²) in [5, 5.41) is 2.98. The Kier molecular flexibility index (Phi) is 8.34. The van der Waals surface area contributed by atoms with Crippen LogP contribution in [0.2, 0.25) is 0 Å². The van der Waals surface area contributed by atoms with Crippen LogP contribution in [0.15, 0.2) is 12.1 Å². The average molecular weight is 422 g/mol. The van der Waals surface area contributed by atoms with Gasteiger partial charge in [-0.25, -0.2) is 0 Å². The molecule has 0 saturated carbocycles. The predicted octanol–water partition coefficient (Wildman–Crippen LogP) is 1.70. The maximum absolute atomic E-state index is 12.7. The van der Waals surface area contributed by atoms with Gasteiger partial charge < -0.3 is 24.4 Å². The SMILES string of the molecule is COc1cc(CCC(=O)N2CCN(CC(=O)NC(C)(C)C)CC2)cc(OC)c1OC. The molecule has 0 radical (unpaired) electrons. The molecule has 0 unspecified atom stereocenters. The number of hydrogen-bond donors (Lipinski definition) is 1. The van der Waals surface area contributed by atoms with Crippen molar-refractivity contribution < 1.29 is 23.8 Å². The van der Waals surface area contributed by atoms with Gasteiger partial charge in [0, 0.05) is 38.1 Å². The fourth-order valence-corrected chi connectivity index (χ4v) is 3.51. The fourth-order valence-electron chi connectivity index (χ4n) is 3.51. The fraction of sp³-hybridized carbons (Fsp3) is 0.636. The van der Waals surface area contributed by atoms with Crippen LogP contribution in [0.1, 0.15) is 32.8 Å². The number of nitrogens with one attached hydrogen (secondary N) is 1. The van der Waals surface area contributed by atoms with E-state index in [1.807, 2.05) is 37.8 Å². The van der Waals surface area contributed by atoms with E-state index in [-0.39, 0.29) is 17.4 Å². The van der Waals surface area contributed by atoms with Gasteiger partial charge >= 0.3 is 0 Å². The highest BCUT2D eigenvalue weighted by Gasteiger charge is 2.24. The standard InChI is InChI=1S/C22H35N3O5/c1-22(2,3)23-19(26)15-24-9-11-25(12-10-24)20(27)8-7-16-13-17(28-4)21(30-6)18(14-16)29-5/h13-14H,7-12,15H2,1-6H3,(H,23,26). The van der Waals surface area contributed by atoms with E-state index in [2.05, 4.69) is 10.2 Å². The molecule has 1 aliphatic rings. The lowest BCUT2D eigenvalue weighted by molar-refractivity contribution is -0.133. The van der Waals surface area contributed by atoms with Crippen molar-refractivity contribution in [2.75, 3.05) is 54.1 Å². The predicted molar refractivity (Wildman–Crippen MR) is 115 cm³/mol. The van der Waals surface area contributed by atoms with Gasteiger partial charge in [0.25, 0.3) is 0 Å². The molecule has 1 N–H and O–H groups in total. The Morgan fingerprint density at radius 1 is 0.967 bits per heavy atom. The molecule has 0 spiro atoms. The first kappa shape index (κ1) is 23.8.